The van der Waals surface area contributed by atoms with Crippen LogP contribution in [-0.4, -0.2) is 46.0 Å². The van der Waals surface area contributed by atoms with Crippen LogP contribution >= 0.6 is 23.2 Å². The fraction of sp³-hybridized carbons (Fsp3) is 0.444. The lowest BCUT2D eigenvalue weighted by Crippen LogP contribution is -2.41. The number of hydrogen-bond donors (Lipinski definition) is 0. The zero-order valence-electron chi connectivity index (χ0n) is 20.4. The molecule has 0 atom stereocenters. The third kappa shape index (κ3) is 5.81. The van der Waals surface area contributed by atoms with Gasteiger partial charge in [0.25, 0.3) is 0 Å². The van der Waals surface area contributed by atoms with Gasteiger partial charge in [0.2, 0.25) is 5.91 Å². The number of aryl methyl sites for hydroxylation is 3. The summed E-state index contributed by atoms with van der Waals surface area (Å²) in [6.45, 7) is 8.05. The quantitative estimate of drug-likeness (QED) is 0.376. The van der Waals surface area contributed by atoms with Crippen LogP contribution in [-0.2, 0) is 27.3 Å². The van der Waals surface area contributed by atoms with Gasteiger partial charge in [0, 0.05) is 42.5 Å². The average molecular weight is 516 g/mol. The fourth-order valence-corrected chi connectivity index (χ4v) is 5.12. The lowest BCUT2D eigenvalue weighted by atomic mass is 9.97. The van der Waals surface area contributed by atoms with Crippen LogP contribution < -0.4 is 0 Å². The van der Waals surface area contributed by atoms with Gasteiger partial charge in [-0.15, -0.1) is 0 Å². The molecular weight excluding hydrogens is 485 g/mol. The normalized spacial score (nSPS) is 14.5. The first-order valence-corrected chi connectivity index (χ1v) is 12.9. The van der Waals surface area contributed by atoms with Crippen molar-refractivity contribution in [2.24, 2.45) is 5.92 Å². The Bertz CT molecular complexity index is 1250. The van der Waals surface area contributed by atoms with E-state index in [2.05, 4.69) is 30.5 Å². The molecule has 1 aromatic heterocycles. The van der Waals surface area contributed by atoms with E-state index in [0.717, 1.165) is 22.4 Å². The number of nitrogens with zero attached hydrogens (tertiary/aromatic N) is 3. The molecule has 1 aliphatic heterocycles. The number of halogens is 2. The molecule has 0 radical (unpaired) electrons. The van der Waals surface area contributed by atoms with Gasteiger partial charge >= 0.3 is 5.97 Å². The van der Waals surface area contributed by atoms with Crippen LogP contribution in [0.4, 0.5) is 0 Å². The molecule has 0 N–H and O–H groups in total. The number of carbonyl (C=O) groups excluding carboxylic acids is 2. The highest BCUT2D eigenvalue weighted by molar-refractivity contribution is 6.35. The molecule has 0 unspecified atom stereocenters. The Hall–Kier alpha value is -2.57. The zero-order valence-corrected chi connectivity index (χ0v) is 22.0. The van der Waals surface area contributed by atoms with Crippen molar-refractivity contribution in [1.82, 2.24) is 14.5 Å². The van der Waals surface area contributed by atoms with Crippen LogP contribution in [0.1, 0.15) is 48.7 Å². The molecule has 1 saturated heterocycles. The lowest BCUT2D eigenvalue weighted by Gasteiger charge is -2.31. The monoisotopic (exact) mass is 515 g/mol. The van der Waals surface area contributed by atoms with E-state index in [9.17, 15) is 9.59 Å². The van der Waals surface area contributed by atoms with Gasteiger partial charge in [-0.1, -0.05) is 29.3 Å². The Kier molecular flexibility index (Phi) is 8.02. The van der Waals surface area contributed by atoms with E-state index in [-0.39, 0.29) is 17.8 Å². The van der Waals surface area contributed by atoms with E-state index >= 15 is 0 Å². The Morgan fingerprint density at radius 3 is 2.49 bits per heavy atom. The Balaban J connectivity index is 1.51. The van der Waals surface area contributed by atoms with Crippen LogP contribution in [0.25, 0.3) is 11.0 Å². The van der Waals surface area contributed by atoms with Crippen molar-refractivity contribution in [2.75, 3.05) is 19.7 Å². The molecule has 35 heavy (non-hydrogen) atoms. The van der Waals surface area contributed by atoms with E-state index in [0.29, 0.717) is 62.0 Å². The highest BCUT2D eigenvalue weighted by atomic mass is 35.5. The number of likely N-dealkylation sites (tertiary alicyclic amines) is 1. The number of amides is 1. The maximum absolute atomic E-state index is 13.1. The molecule has 1 fully saturated rings. The third-order valence-corrected chi connectivity index (χ3v) is 7.41. The van der Waals surface area contributed by atoms with E-state index in [4.69, 9.17) is 32.9 Å². The number of piperidine rings is 1. The number of fused-ring (bicyclic) bond motifs is 1. The maximum Gasteiger partial charge on any atom is 0.309 e. The van der Waals surface area contributed by atoms with Gasteiger partial charge in [0.1, 0.15) is 5.82 Å². The zero-order chi connectivity index (χ0) is 25.1. The smallest absolute Gasteiger partial charge is 0.309 e. The first-order valence-electron chi connectivity index (χ1n) is 12.1. The highest BCUT2D eigenvalue weighted by Gasteiger charge is 2.28. The Morgan fingerprint density at radius 2 is 1.80 bits per heavy atom. The summed E-state index contributed by atoms with van der Waals surface area (Å²) >= 11 is 12.5. The van der Waals surface area contributed by atoms with Crippen LogP contribution in [0.3, 0.4) is 0 Å². The molecule has 4 rings (SSSR count). The number of imidazole rings is 1. The first-order chi connectivity index (χ1) is 16.8. The van der Waals surface area contributed by atoms with Gasteiger partial charge < -0.3 is 14.2 Å². The summed E-state index contributed by atoms with van der Waals surface area (Å²) < 4.78 is 7.27. The molecule has 1 amide bonds. The van der Waals surface area contributed by atoms with Gasteiger partial charge in [-0.2, -0.15) is 0 Å². The second-order valence-electron chi connectivity index (χ2n) is 9.17. The first kappa shape index (κ1) is 25.5. The number of aromatic nitrogens is 2. The minimum atomic E-state index is -0.152. The number of hydrogen-bond acceptors (Lipinski definition) is 4. The van der Waals surface area contributed by atoms with E-state index in [1.54, 1.807) is 6.07 Å². The summed E-state index contributed by atoms with van der Waals surface area (Å²) in [5, 5.41) is 1.19. The van der Waals surface area contributed by atoms with Gasteiger partial charge in [-0.25, -0.2) is 4.98 Å². The molecule has 1 aliphatic rings. The van der Waals surface area contributed by atoms with Crippen molar-refractivity contribution in [3.05, 3.63) is 62.9 Å². The second-order valence-corrected chi connectivity index (χ2v) is 10.0. The molecule has 0 bridgehead atoms. The van der Waals surface area contributed by atoms with Crippen molar-refractivity contribution in [3.63, 3.8) is 0 Å². The molecular formula is C27H31Cl2N3O3. The summed E-state index contributed by atoms with van der Waals surface area (Å²) in [6.07, 6.45) is 2.21. The molecule has 186 valence electrons. The number of carbonyl (C=O) groups is 2. The van der Waals surface area contributed by atoms with Crippen molar-refractivity contribution < 1.29 is 14.3 Å². The SMILES string of the molecule is CCOC(=O)C1CCN(C(=O)CCn2c(Cc3ccc(Cl)cc3Cl)nc3cc(C)c(C)cc32)CC1. The fourth-order valence-electron chi connectivity index (χ4n) is 4.64. The number of esters is 1. The molecule has 0 saturated carbocycles. The standard InChI is InChI=1S/C27H31Cl2N3O3/c1-4-35-27(34)19-7-10-31(11-8-19)26(33)9-12-32-24-14-18(3)17(2)13-23(24)30-25(32)15-20-5-6-21(28)16-22(20)29/h5-6,13-14,16,19H,4,7-12,15H2,1-3H3. The van der Waals surface area contributed by atoms with Gasteiger partial charge in [0.05, 0.1) is 23.6 Å². The molecule has 6 nitrogen and oxygen atoms in total. The Labute approximate surface area is 216 Å². The predicted octanol–water partition coefficient (Wildman–Crippen LogP) is 5.74. The Morgan fingerprint density at radius 1 is 1.09 bits per heavy atom. The molecule has 0 spiro atoms. The van der Waals surface area contributed by atoms with Crippen LogP contribution in [0.5, 0.6) is 0 Å². The van der Waals surface area contributed by atoms with Gasteiger partial charge in [-0.05, 0) is 74.6 Å². The summed E-state index contributed by atoms with van der Waals surface area (Å²) in [7, 11) is 0. The highest BCUT2D eigenvalue weighted by Crippen LogP contribution is 2.27. The third-order valence-electron chi connectivity index (χ3n) is 6.82. The predicted molar refractivity (Wildman–Crippen MR) is 139 cm³/mol. The number of rotatable bonds is 7. The largest absolute Gasteiger partial charge is 0.466 e. The second kappa shape index (κ2) is 11.0. The summed E-state index contributed by atoms with van der Waals surface area (Å²) in [5.41, 5.74) is 5.23. The molecule has 2 heterocycles. The minimum absolute atomic E-state index is 0.0912. The summed E-state index contributed by atoms with van der Waals surface area (Å²) in [6, 6.07) is 9.72. The maximum atomic E-state index is 13.1. The van der Waals surface area contributed by atoms with Crippen LogP contribution in [0.15, 0.2) is 30.3 Å². The van der Waals surface area contributed by atoms with Crippen molar-refractivity contribution in [3.8, 4) is 0 Å². The molecule has 0 aliphatic carbocycles. The van der Waals surface area contributed by atoms with Crippen LogP contribution in [0, 0.1) is 19.8 Å². The minimum Gasteiger partial charge on any atom is -0.466 e. The van der Waals surface area contributed by atoms with E-state index < -0.39 is 0 Å². The topological polar surface area (TPSA) is 64.4 Å². The van der Waals surface area contributed by atoms with Gasteiger partial charge in [-0.3, -0.25) is 9.59 Å². The van der Waals surface area contributed by atoms with Crippen molar-refractivity contribution in [2.45, 2.75) is 53.0 Å². The molecule has 2 aromatic carbocycles. The lowest BCUT2D eigenvalue weighted by molar-refractivity contribution is -0.151. The van der Waals surface area contributed by atoms with Crippen LogP contribution in [0.2, 0.25) is 10.0 Å². The van der Waals surface area contributed by atoms with Gasteiger partial charge in [0.15, 0.2) is 0 Å². The number of ether oxygens (including phenoxy) is 1. The molecule has 8 heteroatoms. The molecule has 3 aromatic rings. The number of benzene rings is 2. The summed E-state index contributed by atoms with van der Waals surface area (Å²) in [5.74, 6) is 0.690. The van der Waals surface area contributed by atoms with E-state index in [1.165, 1.54) is 11.1 Å². The van der Waals surface area contributed by atoms with Crippen molar-refractivity contribution in [1.29, 1.82) is 0 Å². The summed E-state index contributed by atoms with van der Waals surface area (Å²) in [4.78, 5) is 31.8. The average Bonchev–Trinajstić information content (AvgIpc) is 3.15. The van der Waals surface area contributed by atoms with E-state index in [1.807, 2.05) is 24.0 Å². The van der Waals surface area contributed by atoms with Crippen molar-refractivity contribution >= 4 is 46.1 Å².